The number of amides is 1. The summed E-state index contributed by atoms with van der Waals surface area (Å²) in [7, 11) is -4.23. The second-order valence-electron chi connectivity index (χ2n) is 6.38. The quantitative estimate of drug-likeness (QED) is 0.655. The highest BCUT2D eigenvalue weighted by molar-refractivity contribution is 7.87. The van der Waals surface area contributed by atoms with Crippen LogP contribution >= 0.6 is 0 Å². The predicted octanol–water partition coefficient (Wildman–Crippen LogP) is -0.0868. The van der Waals surface area contributed by atoms with Crippen molar-refractivity contribution >= 4 is 27.8 Å². The molecule has 0 radical (unpaired) electrons. The van der Waals surface area contributed by atoms with Gasteiger partial charge in [-0.05, 0) is 12.8 Å². The molecule has 3 rings (SSSR count). The molecule has 0 spiro atoms. The van der Waals surface area contributed by atoms with E-state index in [1.807, 2.05) is 0 Å². The third-order valence-electron chi connectivity index (χ3n) is 4.75. The predicted molar refractivity (Wildman–Crippen MR) is 85.4 cm³/mol. The van der Waals surface area contributed by atoms with Gasteiger partial charge in [-0.15, -0.1) is 0 Å². The number of anilines is 2. The van der Waals surface area contributed by atoms with Gasteiger partial charge in [0.15, 0.2) is 0 Å². The van der Waals surface area contributed by atoms with E-state index in [1.54, 1.807) is 9.62 Å². The number of nitrogens with one attached hydrogen (secondary N) is 2. The number of alkyl halides is 3. The summed E-state index contributed by atoms with van der Waals surface area (Å²) in [6.45, 7) is -0.808. The van der Waals surface area contributed by atoms with E-state index in [9.17, 15) is 26.4 Å². The van der Waals surface area contributed by atoms with E-state index in [4.69, 9.17) is 5.14 Å². The minimum Gasteiger partial charge on any atom is -0.356 e. The average molecular weight is 394 g/mol. The molecule has 26 heavy (non-hydrogen) atoms. The molecular weight excluding hydrogens is 377 g/mol. The van der Waals surface area contributed by atoms with Crippen molar-refractivity contribution in [3.05, 3.63) is 11.9 Å². The Morgan fingerprint density at radius 2 is 1.96 bits per heavy atom. The number of nitrogens with zero attached hydrogens (tertiary/aromatic N) is 3. The van der Waals surface area contributed by atoms with Crippen molar-refractivity contribution in [2.75, 3.05) is 29.9 Å². The monoisotopic (exact) mass is 394 g/mol. The van der Waals surface area contributed by atoms with Gasteiger partial charge < -0.3 is 10.2 Å². The van der Waals surface area contributed by atoms with Crippen LogP contribution in [0.5, 0.6) is 0 Å². The third-order valence-corrected chi connectivity index (χ3v) is 5.30. The summed E-state index contributed by atoms with van der Waals surface area (Å²) >= 11 is 0. The molecule has 13 heteroatoms. The Balaban J connectivity index is 1.79. The molecule has 0 unspecified atom stereocenters. The van der Waals surface area contributed by atoms with Crippen molar-refractivity contribution in [3.8, 4) is 0 Å². The summed E-state index contributed by atoms with van der Waals surface area (Å²) < 4.78 is 64.6. The lowest BCUT2D eigenvalue weighted by atomic mass is 9.77. The van der Waals surface area contributed by atoms with Crippen molar-refractivity contribution < 1.29 is 26.4 Å². The molecule has 1 saturated heterocycles. The zero-order valence-electron chi connectivity index (χ0n) is 13.5. The van der Waals surface area contributed by atoms with Gasteiger partial charge in [-0.25, -0.2) is 19.8 Å². The zero-order valence-corrected chi connectivity index (χ0v) is 14.3. The van der Waals surface area contributed by atoms with Gasteiger partial charge in [-0.2, -0.15) is 21.6 Å². The molecule has 9 nitrogen and oxygen atoms in total. The summed E-state index contributed by atoms with van der Waals surface area (Å²) in [5, 5.41) is 7.34. The SMILES string of the molecule is NS(=O)(=O)NCC1(C(F)(F)F)CCN(c2ncnc3c2CC(=O)N3)CC1. The van der Waals surface area contributed by atoms with E-state index in [-0.39, 0.29) is 38.3 Å². The molecule has 0 bridgehead atoms. The molecule has 0 atom stereocenters. The standard InChI is InChI=1S/C13H17F3N6O3S/c14-13(15,16)12(6-20-26(17,24)25)1-3-22(4-2-12)11-8-5-9(23)21-10(8)18-7-19-11/h7,20H,1-6H2,(H2,17,24,25)(H,18,19,21,23). The lowest BCUT2D eigenvalue weighted by Gasteiger charge is -2.43. The smallest absolute Gasteiger partial charge is 0.356 e. The van der Waals surface area contributed by atoms with Crippen molar-refractivity contribution in [1.29, 1.82) is 0 Å². The van der Waals surface area contributed by atoms with E-state index < -0.39 is 28.3 Å². The number of hydrogen-bond donors (Lipinski definition) is 3. The van der Waals surface area contributed by atoms with Crippen LogP contribution in [0.1, 0.15) is 18.4 Å². The highest BCUT2D eigenvalue weighted by Crippen LogP contribution is 2.46. The van der Waals surface area contributed by atoms with Gasteiger partial charge in [0.2, 0.25) is 5.91 Å². The summed E-state index contributed by atoms with van der Waals surface area (Å²) in [4.78, 5) is 21.2. The first-order chi connectivity index (χ1) is 12.0. The summed E-state index contributed by atoms with van der Waals surface area (Å²) in [5.41, 5.74) is -1.65. The molecule has 2 aliphatic heterocycles. The summed E-state index contributed by atoms with van der Waals surface area (Å²) in [6, 6.07) is 0. The summed E-state index contributed by atoms with van der Waals surface area (Å²) in [6.07, 6.45) is -3.95. The Labute approximate surface area is 147 Å². The minimum absolute atomic E-state index is 0.00343. The lowest BCUT2D eigenvalue weighted by molar-refractivity contribution is -0.228. The second kappa shape index (κ2) is 6.32. The Morgan fingerprint density at radius 1 is 1.31 bits per heavy atom. The molecule has 0 saturated carbocycles. The van der Waals surface area contributed by atoms with Crippen LogP contribution in [0.25, 0.3) is 0 Å². The molecule has 0 aliphatic carbocycles. The Kier molecular flexibility index (Phi) is 4.56. The number of halogens is 3. The Morgan fingerprint density at radius 3 is 2.54 bits per heavy atom. The van der Waals surface area contributed by atoms with Gasteiger partial charge in [0, 0.05) is 25.2 Å². The fourth-order valence-electron chi connectivity index (χ4n) is 3.23. The molecule has 1 aromatic rings. The molecule has 144 valence electrons. The molecule has 2 aliphatic rings. The summed E-state index contributed by atoms with van der Waals surface area (Å²) in [5.74, 6) is 0.535. The van der Waals surface area contributed by atoms with Crippen LogP contribution in [0.4, 0.5) is 24.8 Å². The van der Waals surface area contributed by atoms with Crippen molar-refractivity contribution in [2.45, 2.75) is 25.4 Å². The van der Waals surface area contributed by atoms with E-state index in [0.717, 1.165) is 0 Å². The van der Waals surface area contributed by atoms with Crippen molar-refractivity contribution in [2.24, 2.45) is 10.6 Å². The van der Waals surface area contributed by atoms with Crippen LogP contribution in [0.3, 0.4) is 0 Å². The minimum atomic E-state index is -4.60. The van der Waals surface area contributed by atoms with Crippen LogP contribution in [0.2, 0.25) is 0 Å². The van der Waals surface area contributed by atoms with Gasteiger partial charge >= 0.3 is 6.18 Å². The van der Waals surface area contributed by atoms with Crippen molar-refractivity contribution in [1.82, 2.24) is 14.7 Å². The number of piperidine rings is 1. The number of fused-ring (bicyclic) bond motifs is 1. The molecular formula is C13H17F3N6O3S. The number of aromatic nitrogens is 2. The lowest BCUT2D eigenvalue weighted by Crippen LogP contribution is -2.54. The maximum Gasteiger partial charge on any atom is 0.395 e. The van der Waals surface area contributed by atoms with Gasteiger partial charge in [-0.3, -0.25) is 4.79 Å². The number of rotatable bonds is 4. The normalized spacial score (nSPS) is 20.0. The largest absolute Gasteiger partial charge is 0.395 e. The van der Waals surface area contributed by atoms with Crippen LogP contribution in [0, 0.1) is 5.41 Å². The molecule has 1 amide bonds. The number of carbonyl (C=O) groups excluding carboxylic acids is 1. The maximum absolute atomic E-state index is 13.6. The van der Waals surface area contributed by atoms with Crippen LogP contribution < -0.4 is 20.1 Å². The Hall–Kier alpha value is -1.99. The zero-order chi connectivity index (χ0) is 19.2. The molecule has 3 heterocycles. The van der Waals surface area contributed by atoms with Crippen LogP contribution in [0.15, 0.2) is 6.33 Å². The number of nitrogens with two attached hydrogens (primary N) is 1. The van der Waals surface area contributed by atoms with Crippen molar-refractivity contribution in [3.63, 3.8) is 0 Å². The van der Waals surface area contributed by atoms with Gasteiger partial charge in [0.25, 0.3) is 10.2 Å². The number of carbonyl (C=O) groups is 1. The molecule has 0 aromatic carbocycles. The van der Waals surface area contributed by atoms with Gasteiger partial charge in [0.1, 0.15) is 18.0 Å². The van der Waals surface area contributed by atoms with E-state index in [2.05, 4.69) is 15.3 Å². The van der Waals surface area contributed by atoms with Crippen LogP contribution in [-0.4, -0.2) is 50.1 Å². The highest BCUT2D eigenvalue weighted by atomic mass is 32.2. The first kappa shape index (κ1) is 18.8. The van der Waals surface area contributed by atoms with E-state index in [1.165, 1.54) is 6.33 Å². The first-order valence-corrected chi connectivity index (χ1v) is 9.28. The fraction of sp³-hybridized carbons (Fsp3) is 0.615. The maximum atomic E-state index is 13.6. The molecule has 1 fully saturated rings. The topological polar surface area (TPSA) is 130 Å². The average Bonchev–Trinajstić information content (AvgIpc) is 2.92. The second-order valence-corrected chi connectivity index (χ2v) is 7.76. The first-order valence-electron chi connectivity index (χ1n) is 7.74. The molecule has 4 N–H and O–H groups in total. The van der Waals surface area contributed by atoms with Gasteiger partial charge in [-0.1, -0.05) is 0 Å². The number of hydrogen-bond acceptors (Lipinski definition) is 6. The fourth-order valence-corrected chi connectivity index (χ4v) is 3.71. The molecule has 1 aromatic heterocycles. The highest BCUT2D eigenvalue weighted by Gasteiger charge is 2.56. The van der Waals surface area contributed by atoms with E-state index in [0.29, 0.717) is 17.2 Å². The van der Waals surface area contributed by atoms with Gasteiger partial charge in [0.05, 0.1) is 11.8 Å². The Bertz CT molecular complexity index is 821. The third kappa shape index (κ3) is 3.59. The van der Waals surface area contributed by atoms with Crippen LogP contribution in [-0.2, 0) is 21.4 Å². The van der Waals surface area contributed by atoms with E-state index >= 15 is 0 Å².